The third-order valence-electron chi connectivity index (χ3n) is 5.42. The molecule has 1 fully saturated rings. The molecule has 0 amide bonds. The quantitative estimate of drug-likeness (QED) is 0.732. The number of benzene rings is 2. The Morgan fingerprint density at radius 2 is 1.85 bits per heavy atom. The zero-order valence-electron chi connectivity index (χ0n) is 14.3. The molecular weight excluding hydrogens is 362 g/mol. The SMILES string of the molecule is OC[C@@H]1CC[C@@H]2[C@@H](c3ccccc3F)Nc3ccc(C(F)(F)F)cc3[C@@H]2O1. The zero-order valence-corrected chi connectivity index (χ0v) is 14.3. The van der Waals surface area contributed by atoms with Crippen molar-refractivity contribution < 1.29 is 27.4 Å². The van der Waals surface area contributed by atoms with Crippen molar-refractivity contribution in [3.8, 4) is 0 Å². The molecule has 1 saturated heterocycles. The highest BCUT2D eigenvalue weighted by Crippen LogP contribution is 2.51. The predicted octanol–water partition coefficient (Wildman–Crippen LogP) is 4.84. The third-order valence-corrected chi connectivity index (χ3v) is 5.42. The second-order valence-corrected chi connectivity index (χ2v) is 7.05. The van der Waals surface area contributed by atoms with Gasteiger partial charge in [0.2, 0.25) is 0 Å². The summed E-state index contributed by atoms with van der Waals surface area (Å²) in [5.74, 6) is -0.603. The molecule has 2 aliphatic rings. The van der Waals surface area contributed by atoms with Gasteiger partial charge in [-0.1, -0.05) is 18.2 Å². The number of aliphatic hydroxyl groups excluding tert-OH is 1. The van der Waals surface area contributed by atoms with Crippen LogP contribution in [0.1, 0.15) is 41.7 Å². The van der Waals surface area contributed by atoms with Crippen molar-refractivity contribution in [3.05, 3.63) is 65.0 Å². The van der Waals surface area contributed by atoms with Crippen LogP contribution < -0.4 is 5.32 Å². The lowest BCUT2D eigenvalue weighted by atomic mass is 9.76. The highest BCUT2D eigenvalue weighted by molar-refractivity contribution is 5.58. The van der Waals surface area contributed by atoms with Gasteiger partial charge in [-0.05, 0) is 37.1 Å². The number of hydrogen-bond acceptors (Lipinski definition) is 3. The standard InChI is InChI=1S/C20H19F4NO2/c21-16-4-2-1-3-13(16)18-14-7-6-12(10-26)27-19(14)15-9-11(20(22,23)24)5-8-17(15)25-18/h1-5,8-9,12,14,18-19,25-26H,6-7,10H2/t12-,14+,18+,19+/m0/s1. The fourth-order valence-corrected chi connectivity index (χ4v) is 4.10. The molecule has 7 heteroatoms. The van der Waals surface area contributed by atoms with E-state index in [1.165, 1.54) is 12.1 Å². The van der Waals surface area contributed by atoms with Gasteiger partial charge in [-0.15, -0.1) is 0 Å². The summed E-state index contributed by atoms with van der Waals surface area (Å²) < 4.78 is 59.9. The van der Waals surface area contributed by atoms with Gasteiger partial charge in [-0.25, -0.2) is 4.39 Å². The molecule has 2 aromatic rings. The molecule has 27 heavy (non-hydrogen) atoms. The second-order valence-electron chi connectivity index (χ2n) is 7.05. The number of anilines is 1. The van der Waals surface area contributed by atoms with Crippen molar-refractivity contribution in [2.45, 2.75) is 37.3 Å². The normalized spacial score (nSPS) is 27.4. The number of halogens is 4. The average Bonchev–Trinajstić information content (AvgIpc) is 2.66. The predicted molar refractivity (Wildman–Crippen MR) is 91.6 cm³/mol. The lowest BCUT2D eigenvalue weighted by Crippen LogP contribution is -2.40. The van der Waals surface area contributed by atoms with Gasteiger partial charge in [0.25, 0.3) is 0 Å². The molecule has 0 radical (unpaired) electrons. The molecule has 0 bridgehead atoms. The first kappa shape index (κ1) is 18.3. The maximum Gasteiger partial charge on any atom is 0.416 e. The maximum absolute atomic E-state index is 14.4. The topological polar surface area (TPSA) is 41.5 Å². The molecule has 4 rings (SSSR count). The summed E-state index contributed by atoms with van der Waals surface area (Å²) >= 11 is 0. The summed E-state index contributed by atoms with van der Waals surface area (Å²) in [6, 6.07) is 9.44. The smallest absolute Gasteiger partial charge is 0.394 e. The van der Waals surface area contributed by atoms with E-state index in [1.807, 2.05) is 0 Å². The van der Waals surface area contributed by atoms with Crippen LogP contribution in [0.25, 0.3) is 0 Å². The number of nitrogens with one attached hydrogen (secondary N) is 1. The molecule has 2 N–H and O–H groups in total. The van der Waals surface area contributed by atoms with Crippen molar-refractivity contribution in [1.82, 2.24) is 0 Å². The minimum atomic E-state index is -4.46. The van der Waals surface area contributed by atoms with Crippen molar-refractivity contribution in [1.29, 1.82) is 0 Å². The van der Waals surface area contributed by atoms with Gasteiger partial charge >= 0.3 is 6.18 Å². The van der Waals surface area contributed by atoms with Crippen molar-refractivity contribution in [2.24, 2.45) is 5.92 Å². The molecule has 144 valence electrons. The first-order chi connectivity index (χ1) is 12.9. The van der Waals surface area contributed by atoms with Gasteiger partial charge in [-0.3, -0.25) is 0 Å². The molecule has 2 aliphatic heterocycles. The highest BCUT2D eigenvalue weighted by Gasteiger charge is 2.44. The molecular formula is C20H19F4NO2. The molecule has 3 nitrogen and oxygen atoms in total. The Morgan fingerprint density at radius 1 is 1.07 bits per heavy atom. The minimum absolute atomic E-state index is 0.199. The summed E-state index contributed by atoms with van der Waals surface area (Å²) in [6.07, 6.45) is -4.36. The van der Waals surface area contributed by atoms with E-state index < -0.39 is 30.0 Å². The lowest BCUT2D eigenvalue weighted by Gasteiger charge is -2.45. The average molecular weight is 381 g/mol. The number of aliphatic hydroxyl groups is 1. The lowest BCUT2D eigenvalue weighted by molar-refractivity contribution is -0.138. The number of ether oxygens (including phenoxy) is 1. The van der Waals surface area contributed by atoms with E-state index in [2.05, 4.69) is 5.32 Å². The largest absolute Gasteiger partial charge is 0.416 e. The van der Waals surface area contributed by atoms with Gasteiger partial charge in [0.1, 0.15) is 5.82 Å². The van der Waals surface area contributed by atoms with Crippen LogP contribution >= 0.6 is 0 Å². The number of rotatable bonds is 2. The highest BCUT2D eigenvalue weighted by atomic mass is 19.4. The Labute approximate surface area is 154 Å². The van der Waals surface area contributed by atoms with E-state index in [1.54, 1.807) is 18.2 Å². The second kappa shape index (κ2) is 6.80. The van der Waals surface area contributed by atoms with Gasteiger partial charge < -0.3 is 15.2 Å². The molecule has 2 aromatic carbocycles. The summed E-state index contributed by atoms with van der Waals surface area (Å²) in [6.45, 7) is -0.199. The van der Waals surface area contributed by atoms with Crippen LogP contribution in [0.2, 0.25) is 0 Å². The molecule has 0 unspecified atom stereocenters. The minimum Gasteiger partial charge on any atom is -0.394 e. The van der Waals surface area contributed by atoms with E-state index >= 15 is 0 Å². The van der Waals surface area contributed by atoms with E-state index in [-0.39, 0.29) is 18.3 Å². The number of hydrogen-bond donors (Lipinski definition) is 2. The van der Waals surface area contributed by atoms with Crippen LogP contribution in [0.4, 0.5) is 23.2 Å². The van der Waals surface area contributed by atoms with Gasteiger partial charge in [0.15, 0.2) is 0 Å². The maximum atomic E-state index is 14.4. The first-order valence-corrected chi connectivity index (χ1v) is 8.87. The Bertz CT molecular complexity index is 839. The summed E-state index contributed by atoms with van der Waals surface area (Å²) in [4.78, 5) is 0. The fraction of sp³-hybridized carbons (Fsp3) is 0.400. The Kier molecular flexibility index (Phi) is 4.60. The molecule has 0 saturated carbocycles. The van der Waals surface area contributed by atoms with Crippen LogP contribution in [0.5, 0.6) is 0 Å². The zero-order chi connectivity index (χ0) is 19.2. The van der Waals surface area contributed by atoms with Crippen molar-refractivity contribution in [3.63, 3.8) is 0 Å². The number of fused-ring (bicyclic) bond motifs is 3. The van der Waals surface area contributed by atoms with Gasteiger partial charge in [0, 0.05) is 22.7 Å². The van der Waals surface area contributed by atoms with Crippen LogP contribution in [0.3, 0.4) is 0 Å². The molecule has 0 aliphatic carbocycles. The van der Waals surface area contributed by atoms with E-state index in [0.29, 0.717) is 29.7 Å². The monoisotopic (exact) mass is 381 g/mol. The van der Waals surface area contributed by atoms with Crippen molar-refractivity contribution in [2.75, 3.05) is 11.9 Å². The van der Waals surface area contributed by atoms with Crippen LogP contribution in [0, 0.1) is 11.7 Å². The van der Waals surface area contributed by atoms with E-state index in [9.17, 15) is 22.7 Å². The summed E-state index contributed by atoms with van der Waals surface area (Å²) in [7, 11) is 0. The molecule has 2 heterocycles. The third kappa shape index (κ3) is 3.30. The summed E-state index contributed by atoms with van der Waals surface area (Å²) in [5, 5.41) is 12.7. The Morgan fingerprint density at radius 3 is 2.56 bits per heavy atom. The van der Waals surface area contributed by atoms with Crippen LogP contribution in [-0.2, 0) is 10.9 Å². The molecule has 0 aromatic heterocycles. The fourth-order valence-electron chi connectivity index (χ4n) is 4.10. The molecule has 0 spiro atoms. The van der Waals surface area contributed by atoms with Gasteiger partial charge in [-0.2, -0.15) is 13.2 Å². The molecule has 4 atom stereocenters. The van der Waals surface area contributed by atoms with Crippen LogP contribution in [0.15, 0.2) is 42.5 Å². The summed E-state index contributed by atoms with van der Waals surface area (Å²) in [5.41, 5.74) is 0.613. The number of alkyl halides is 3. The van der Waals surface area contributed by atoms with Crippen molar-refractivity contribution >= 4 is 5.69 Å². The van der Waals surface area contributed by atoms with E-state index in [0.717, 1.165) is 12.1 Å². The van der Waals surface area contributed by atoms with Gasteiger partial charge in [0.05, 0.1) is 30.4 Å². The first-order valence-electron chi connectivity index (χ1n) is 8.87. The van der Waals surface area contributed by atoms with E-state index in [4.69, 9.17) is 4.74 Å². The van der Waals surface area contributed by atoms with Crippen LogP contribution in [-0.4, -0.2) is 17.8 Å². The Balaban J connectivity index is 1.79. The Hall–Kier alpha value is -2.12.